The number of H-pyrrole nitrogens is 1. The minimum atomic E-state index is -0.321. The second-order valence-electron chi connectivity index (χ2n) is 9.66. The van der Waals surface area contributed by atoms with Gasteiger partial charge < -0.3 is 25.0 Å². The second kappa shape index (κ2) is 8.00. The van der Waals surface area contributed by atoms with Crippen LogP contribution >= 0.6 is 0 Å². The molecule has 10 heteroatoms. The van der Waals surface area contributed by atoms with Gasteiger partial charge in [0, 0.05) is 43.9 Å². The van der Waals surface area contributed by atoms with Crippen LogP contribution in [0, 0.1) is 0 Å². The van der Waals surface area contributed by atoms with Crippen molar-refractivity contribution in [2.75, 3.05) is 43.4 Å². The number of carbonyl (C=O) groups excluding carboxylic acids is 2. The van der Waals surface area contributed by atoms with Crippen molar-refractivity contribution in [1.29, 1.82) is 0 Å². The van der Waals surface area contributed by atoms with E-state index in [4.69, 9.17) is 9.97 Å². The first-order valence-electron chi connectivity index (χ1n) is 12.1. The number of aromatic amines is 1. The lowest BCUT2D eigenvalue weighted by Crippen LogP contribution is -2.55. The first-order valence-corrected chi connectivity index (χ1v) is 12.1. The van der Waals surface area contributed by atoms with Gasteiger partial charge in [-0.3, -0.25) is 9.59 Å². The lowest BCUT2D eigenvalue weighted by Gasteiger charge is -2.35. The normalized spacial score (nSPS) is 22.8. The van der Waals surface area contributed by atoms with Gasteiger partial charge in [-0.25, -0.2) is 9.97 Å². The third kappa shape index (κ3) is 3.81. The van der Waals surface area contributed by atoms with Crippen molar-refractivity contribution in [2.24, 2.45) is 0 Å². The molecule has 2 aliphatic heterocycles. The third-order valence-corrected chi connectivity index (χ3v) is 7.33. The number of carbonyl (C=O) groups is 2. The summed E-state index contributed by atoms with van der Waals surface area (Å²) in [6.07, 6.45) is 8.93. The molecule has 10 nitrogen and oxygen atoms in total. The minimum Gasteiger partial charge on any atom is -0.342 e. The number of aryl methyl sites for hydroxylation is 1. The molecule has 1 unspecified atom stereocenters. The van der Waals surface area contributed by atoms with Crippen molar-refractivity contribution in [1.82, 2.24) is 29.7 Å². The average Bonchev–Trinajstić information content (AvgIpc) is 3.20. The van der Waals surface area contributed by atoms with Crippen LogP contribution in [-0.2, 0) is 22.4 Å². The molecule has 0 bridgehead atoms. The number of rotatable bonds is 5. The van der Waals surface area contributed by atoms with Gasteiger partial charge in [0.15, 0.2) is 0 Å². The molecule has 6 rings (SSSR count). The number of imidazole rings is 1. The number of hydrogen-bond donors (Lipinski definition) is 2. The molecule has 0 aromatic carbocycles. The Hall–Kier alpha value is -3.17. The zero-order chi connectivity index (χ0) is 22.5. The maximum absolute atomic E-state index is 13.3. The summed E-state index contributed by atoms with van der Waals surface area (Å²) in [6, 6.07) is -0.321. The van der Waals surface area contributed by atoms with Crippen LogP contribution in [0.1, 0.15) is 55.0 Å². The summed E-state index contributed by atoms with van der Waals surface area (Å²) in [5.74, 6) is 2.70. The third-order valence-electron chi connectivity index (χ3n) is 7.33. The van der Waals surface area contributed by atoms with Crippen molar-refractivity contribution in [2.45, 2.75) is 56.9 Å². The zero-order valence-corrected chi connectivity index (χ0v) is 19.0. The van der Waals surface area contributed by atoms with Crippen molar-refractivity contribution in [3.8, 4) is 0 Å². The molecule has 4 aliphatic rings. The molecule has 0 spiro atoms. The van der Waals surface area contributed by atoms with E-state index in [0.29, 0.717) is 30.9 Å². The van der Waals surface area contributed by atoms with Crippen LogP contribution in [0.5, 0.6) is 0 Å². The van der Waals surface area contributed by atoms with Crippen molar-refractivity contribution in [3.63, 3.8) is 0 Å². The van der Waals surface area contributed by atoms with Crippen LogP contribution in [0.3, 0.4) is 0 Å². The van der Waals surface area contributed by atoms with E-state index in [-0.39, 0.29) is 24.4 Å². The maximum atomic E-state index is 13.3. The largest absolute Gasteiger partial charge is 0.342 e. The summed E-state index contributed by atoms with van der Waals surface area (Å²) < 4.78 is 0. The van der Waals surface area contributed by atoms with E-state index < -0.39 is 0 Å². The predicted octanol–water partition coefficient (Wildman–Crippen LogP) is 1.58. The number of likely N-dealkylation sites (N-methyl/N-ethyl adjacent to an activating group) is 1. The molecule has 4 heterocycles. The van der Waals surface area contributed by atoms with E-state index in [1.54, 1.807) is 16.8 Å². The van der Waals surface area contributed by atoms with E-state index >= 15 is 0 Å². The molecule has 2 aromatic rings. The lowest BCUT2D eigenvalue weighted by molar-refractivity contribution is -0.144. The van der Waals surface area contributed by atoms with Crippen molar-refractivity contribution >= 4 is 29.5 Å². The molecule has 2 aromatic heterocycles. The monoisotopic (exact) mass is 450 g/mol. The van der Waals surface area contributed by atoms with Crippen molar-refractivity contribution in [3.05, 3.63) is 23.1 Å². The Kier molecular flexibility index (Phi) is 4.95. The Labute approximate surface area is 192 Å². The molecule has 33 heavy (non-hydrogen) atoms. The number of fused-ring (bicyclic) bond motifs is 1. The fourth-order valence-corrected chi connectivity index (χ4v) is 5.18. The first kappa shape index (κ1) is 20.4. The van der Waals surface area contributed by atoms with Gasteiger partial charge >= 0.3 is 0 Å². The smallest absolute Gasteiger partial charge is 0.245 e. The Morgan fingerprint density at radius 1 is 1.12 bits per heavy atom. The summed E-state index contributed by atoms with van der Waals surface area (Å²) in [7, 11) is 1.78. The molecule has 2 N–H and O–H groups in total. The molecule has 1 atom stereocenters. The quantitative estimate of drug-likeness (QED) is 0.712. The zero-order valence-electron chi connectivity index (χ0n) is 19.0. The van der Waals surface area contributed by atoms with Gasteiger partial charge in [-0.1, -0.05) is 0 Å². The average molecular weight is 451 g/mol. The van der Waals surface area contributed by atoms with E-state index in [1.165, 1.54) is 18.5 Å². The van der Waals surface area contributed by atoms with Crippen LogP contribution in [0.15, 0.2) is 6.20 Å². The fourth-order valence-electron chi connectivity index (χ4n) is 5.18. The highest BCUT2D eigenvalue weighted by molar-refractivity contribution is 5.90. The summed E-state index contributed by atoms with van der Waals surface area (Å²) in [5, 5.41) is 3.40. The molecular formula is C23H30N8O2. The summed E-state index contributed by atoms with van der Waals surface area (Å²) in [5.41, 5.74) is 3.38. The van der Waals surface area contributed by atoms with Crippen molar-refractivity contribution < 1.29 is 9.59 Å². The molecule has 1 saturated carbocycles. The van der Waals surface area contributed by atoms with Gasteiger partial charge in [0.25, 0.3) is 0 Å². The molecule has 2 saturated heterocycles. The first-order chi connectivity index (χ1) is 16.1. The van der Waals surface area contributed by atoms with Crippen LogP contribution in [-0.4, -0.2) is 80.8 Å². The number of hydrogen-bond acceptors (Lipinski definition) is 7. The number of nitrogens with one attached hydrogen (secondary N) is 2. The fraction of sp³-hybridized carbons (Fsp3) is 0.609. The Morgan fingerprint density at radius 3 is 2.82 bits per heavy atom. The van der Waals surface area contributed by atoms with E-state index in [9.17, 15) is 9.59 Å². The number of aromatic nitrogens is 4. The van der Waals surface area contributed by atoms with Crippen LogP contribution < -0.4 is 10.2 Å². The molecule has 2 aliphatic carbocycles. The number of nitrogens with zero attached hydrogens (tertiary/aromatic N) is 6. The second-order valence-corrected chi connectivity index (χ2v) is 9.66. The topological polar surface area (TPSA) is 110 Å². The molecule has 0 radical (unpaired) electrons. The Balaban J connectivity index is 1.26. The summed E-state index contributed by atoms with van der Waals surface area (Å²) >= 11 is 0. The lowest BCUT2D eigenvalue weighted by atomic mass is 10.1. The van der Waals surface area contributed by atoms with Gasteiger partial charge in [-0.15, -0.1) is 0 Å². The SMILES string of the molecule is CN1CCN(C(=O)C2CCCN2c2nc3c(c(Nc4ncc(C5CC5)[nH]4)n2)CCC3)CC1=O. The highest BCUT2D eigenvalue weighted by atomic mass is 16.2. The molecule has 2 amide bonds. The van der Waals surface area contributed by atoms with Crippen LogP contribution in [0.25, 0.3) is 0 Å². The molecule has 3 fully saturated rings. The summed E-state index contributed by atoms with van der Waals surface area (Å²) in [4.78, 5) is 48.6. The van der Waals surface area contributed by atoms with E-state index in [0.717, 1.165) is 55.7 Å². The van der Waals surface area contributed by atoms with Crippen LogP contribution in [0.4, 0.5) is 17.7 Å². The maximum Gasteiger partial charge on any atom is 0.245 e. The number of piperazine rings is 1. The number of amides is 2. The van der Waals surface area contributed by atoms with Gasteiger partial charge in [-0.2, -0.15) is 4.98 Å². The van der Waals surface area contributed by atoms with E-state index in [1.807, 2.05) is 11.1 Å². The summed E-state index contributed by atoms with van der Waals surface area (Å²) in [6.45, 7) is 2.04. The van der Waals surface area contributed by atoms with Gasteiger partial charge in [0.2, 0.25) is 23.7 Å². The van der Waals surface area contributed by atoms with Crippen LogP contribution in [0.2, 0.25) is 0 Å². The Morgan fingerprint density at radius 2 is 2.00 bits per heavy atom. The highest BCUT2D eigenvalue weighted by Gasteiger charge is 2.38. The van der Waals surface area contributed by atoms with E-state index in [2.05, 4.69) is 15.3 Å². The Bertz CT molecular complexity index is 1090. The molecular weight excluding hydrogens is 420 g/mol. The number of anilines is 3. The van der Waals surface area contributed by atoms with Gasteiger partial charge in [0.1, 0.15) is 11.9 Å². The molecule has 174 valence electrons. The van der Waals surface area contributed by atoms with Gasteiger partial charge in [0.05, 0.1) is 18.4 Å². The predicted molar refractivity (Wildman–Crippen MR) is 122 cm³/mol. The highest BCUT2D eigenvalue weighted by Crippen LogP contribution is 2.39. The standard InChI is InChI=1S/C23H30N8O2/c1-29-10-11-30(13-19(29)32)21(33)18-6-3-9-31(18)23-26-16-5-2-4-15(16)20(28-23)27-22-24-12-17(25-22)14-7-8-14/h12,14,18H,2-11,13H2,1H3,(H2,24,25,26,27,28). The minimum absolute atomic E-state index is 0.00710. The van der Waals surface area contributed by atoms with Gasteiger partial charge in [-0.05, 0) is 44.9 Å².